The van der Waals surface area contributed by atoms with Crippen LogP contribution in [0.15, 0.2) is 48.5 Å². The summed E-state index contributed by atoms with van der Waals surface area (Å²) in [6, 6.07) is 15.7. The standard InChI is InChI=1S/C30H38N4O4/c1-23(35)32-20-18-31(19-21-32)15-4-22-38-27-10-7-25(8-11-27)30(37)33-16-13-26(14-17-33)34-28-6-3-2-5-24(28)9-12-29(34)36/h2-3,5-8,10-11,26H,4,9,12-22H2,1H3. The number of fused-ring (bicyclic) bond motifs is 1. The molecule has 0 N–H and O–H groups in total. The number of carbonyl (C=O) groups excluding carboxylic acids is 3. The van der Waals surface area contributed by atoms with E-state index in [9.17, 15) is 14.4 Å². The number of anilines is 1. The zero-order valence-electron chi connectivity index (χ0n) is 22.3. The summed E-state index contributed by atoms with van der Waals surface area (Å²) in [7, 11) is 0. The predicted molar refractivity (Wildman–Crippen MR) is 146 cm³/mol. The molecule has 3 aliphatic heterocycles. The van der Waals surface area contributed by atoms with E-state index >= 15 is 0 Å². The molecule has 2 fully saturated rings. The maximum atomic E-state index is 13.1. The third-order valence-corrected chi connectivity index (χ3v) is 8.05. The molecule has 0 aliphatic carbocycles. The molecule has 0 atom stereocenters. The predicted octanol–water partition coefficient (Wildman–Crippen LogP) is 3.20. The first-order valence-electron chi connectivity index (χ1n) is 13.9. The van der Waals surface area contributed by atoms with Crippen LogP contribution in [0.4, 0.5) is 5.69 Å². The molecule has 0 unspecified atom stereocenters. The molecule has 3 amide bonds. The van der Waals surface area contributed by atoms with Crippen molar-refractivity contribution in [1.82, 2.24) is 14.7 Å². The van der Waals surface area contributed by atoms with Gasteiger partial charge in [0.15, 0.2) is 0 Å². The summed E-state index contributed by atoms with van der Waals surface area (Å²) in [6.07, 6.45) is 3.86. The summed E-state index contributed by atoms with van der Waals surface area (Å²) in [5, 5.41) is 0. The maximum Gasteiger partial charge on any atom is 0.253 e. The van der Waals surface area contributed by atoms with Crippen molar-refractivity contribution in [3.63, 3.8) is 0 Å². The Kier molecular flexibility index (Phi) is 8.27. The Labute approximate surface area is 225 Å². The Morgan fingerprint density at radius 3 is 2.29 bits per heavy atom. The Bertz CT molecular complexity index is 1140. The number of benzene rings is 2. The van der Waals surface area contributed by atoms with Gasteiger partial charge in [-0.2, -0.15) is 0 Å². The highest BCUT2D eigenvalue weighted by molar-refractivity contribution is 5.97. The molecule has 2 aromatic rings. The highest BCUT2D eigenvalue weighted by atomic mass is 16.5. The number of rotatable bonds is 7. The Morgan fingerprint density at radius 1 is 0.868 bits per heavy atom. The van der Waals surface area contributed by atoms with Crippen molar-refractivity contribution in [2.45, 2.75) is 45.1 Å². The van der Waals surface area contributed by atoms with Crippen LogP contribution in [0.3, 0.4) is 0 Å². The van der Waals surface area contributed by atoms with Crippen LogP contribution >= 0.6 is 0 Å². The third-order valence-electron chi connectivity index (χ3n) is 8.05. The maximum absolute atomic E-state index is 13.1. The molecule has 38 heavy (non-hydrogen) atoms. The summed E-state index contributed by atoms with van der Waals surface area (Å²) in [5.74, 6) is 1.15. The van der Waals surface area contributed by atoms with E-state index in [4.69, 9.17) is 4.74 Å². The summed E-state index contributed by atoms with van der Waals surface area (Å²) < 4.78 is 5.90. The number of aryl methyl sites for hydroxylation is 1. The molecule has 0 radical (unpaired) electrons. The summed E-state index contributed by atoms with van der Waals surface area (Å²) in [4.78, 5) is 45.5. The minimum Gasteiger partial charge on any atom is -0.494 e. The van der Waals surface area contributed by atoms with Crippen molar-refractivity contribution < 1.29 is 19.1 Å². The molecule has 8 heteroatoms. The van der Waals surface area contributed by atoms with Crippen LogP contribution in [0.5, 0.6) is 5.75 Å². The summed E-state index contributed by atoms with van der Waals surface area (Å²) in [5.41, 5.74) is 2.94. The van der Waals surface area contributed by atoms with E-state index in [1.165, 1.54) is 5.56 Å². The van der Waals surface area contributed by atoms with Crippen LogP contribution in [-0.4, -0.2) is 90.9 Å². The number of hydrogen-bond acceptors (Lipinski definition) is 5. The Balaban J connectivity index is 1.06. The number of likely N-dealkylation sites (tertiary alicyclic amines) is 1. The number of carbonyl (C=O) groups is 3. The van der Waals surface area contributed by atoms with E-state index in [0.717, 1.165) is 69.8 Å². The lowest BCUT2D eigenvalue weighted by Crippen LogP contribution is -2.50. The minimum atomic E-state index is 0.0325. The second-order valence-electron chi connectivity index (χ2n) is 10.5. The van der Waals surface area contributed by atoms with Gasteiger partial charge in [0, 0.05) is 76.5 Å². The quantitative estimate of drug-likeness (QED) is 0.527. The molecule has 5 rings (SSSR count). The van der Waals surface area contributed by atoms with Gasteiger partial charge < -0.3 is 19.4 Å². The molecule has 3 aliphatic rings. The average molecular weight is 519 g/mol. The number of amides is 3. The zero-order chi connectivity index (χ0) is 26.5. The van der Waals surface area contributed by atoms with Crippen molar-refractivity contribution in [2.24, 2.45) is 0 Å². The summed E-state index contributed by atoms with van der Waals surface area (Å²) >= 11 is 0. The topological polar surface area (TPSA) is 73.4 Å². The zero-order valence-corrected chi connectivity index (χ0v) is 22.3. The molecule has 3 heterocycles. The summed E-state index contributed by atoms with van der Waals surface area (Å²) in [6.45, 7) is 7.91. The van der Waals surface area contributed by atoms with E-state index in [2.05, 4.69) is 11.0 Å². The lowest BCUT2D eigenvalue weighted by Gasteiger charge is -2.41. The van der Waals surface area contributed by atoms with Crippen molar-refractivity contribution in [2.75, 3.05) is 57.3 Å². The van der Waals surface area contributed by atoms with E-state index in [-0.39, 0.29) is 23.8 Å². The second kappa shape index (κ2) is 12.0. The molecule has 0 aromatic heterocycles. The molecule has 2 saturated heterocycles. The van der Waals surface area contributed by atoms with Gasteiger partial charge in [0.1, 0.15) is 5.75 Å². The van der Waals surface area contributed by atoms with Crippen LogP contribution < -0.4 is 9.64 Å². The van der Waals surface area contributed by atoms with Gasteiger partial charge in [-0.3, -0.25) is 19.3 Å². The molecule has 0 spiro atoms. The first-order valence-corrected chi connectivity index (χ1v) is 13.9. The average Bonchev–Trinajstić information content (AvgIpc) is 2.95. The SMILES string of the molecule is CC(=O)N1CCN(CCCOc2ccc(C(=O)N3CCC(N4C(=O)CCc5ccccc54)CC3)cc2)CC1. The molecule has 8 nitrogen and oxygen atoms in total. The lowest BCUT2D eigenvalue weighted by molar-refractivity contribution is -0.130. The van der Waals surface area contributed by atoms with Gasteiger partial charge in [0.25, 0.3) is 5.91 Å². The molecular weight excluding hydrogens is 480 g/mol. The van der Waals surface area contributed by atoms with Crippen LogP contribution in [-0.2, 0) is 16.0 Å². The first-order chi connectivity index (χ1) is 18.5. The number of ether oxygens (including phenoxy) is 1. The van der Waals surface area contributed by atoms with Crippen molar-refractivity contribution in [3.8, 4) is 5.75 Å². The lowest BCUT2D eigenvalue weighted by atomic mass is 9.95. The van der Waals surface area contributed by atoms with Crippen molar-refractivity contribution in [3.05, 3.63) is 59.7 Å². The number of para-hydroxylation sites is 1. The highest BCUT2D eigenvalue weighted by Crippen LogP contribution is 2.32. The fourth-order valence-electron chi connectivity index (χ4n) is 5.82. The minimum absolute atomic E-state index is 0.0325. The monoisotopic (exact) mass is 518 g/mol. The van der Waals surface area contributed by atoms with Gasteiger partial charge in [0.2, 0.25) is 11.8 Å². The molecule has 0 saturated carbocycles. The first kappa shape index (κ1) is 26.2. The molecular formula is C30H38N4O4. The van der Waals surface area contributed by atoms with E-state index in [0.29, 0.717) is 31.7 Å². The Morgan fingerprint density at radius 2 is 1.58 bits per heavy atom. The highest BCUT2D eigenvalue weighted by Gasteiger charge is 2.33. The van der Waals surface area contributed by atoms with E-state index in [1.807, 2.05) is 57.2 Å². The van der Waals surface area contributed by atoms with Gasteiger partial charge in [-0.1, -0.05) is 18.2 Å². The largest absolute Gasteiger partial charge is 0.494 e. The fraction of sp³-hybridized carbons (Fsp3) is 0.500. The van der Waals surface area contributed by atoms with Crippen LogP contribution in [0, 0.1) is 0 Å². The number of nitrogens with zero attached hydrogens (tertiary/aromatic N) is 4. The number of piperidine rings is 1. The molecule has 202 valence electrons. The van der Waals surface area contributed by atoms with Gasteiger partial charge in [-0.15, -0.1) is 0 Å². The smallest absolute Gasteiger partial charge is 0.253 e. The van der Waals surface area contributed by atoms with E-state index in [1.54, 1.807) is 6.92 Å². The third kappa shape index (κ3) is 6.01. The van der Waals surface area contributed by atoms with Gasteiger partial charge in [-0.05, 0) is 61.6 Å². The van der Waals surface area contributed by atoms with Gasteiger partial charge >= 0.3 is 0 Å². The van der Waals surface area contributed by atoms with Crippen molar-refractivity contribution in [1.29, 1.82) is 0 Å². The second-order valence-corrected chi connectivity index (χ2v) is 10.5. The van der Waals surface area contributed by atoms with E-state index < -0.39 is 0 Å². The van der Waals surface area contributed by atoms with Crippen LogP contribution in [0.2, 0.25) is 0 Å². The van der Waals surface area contributed by atoms with Crippen LogP contribution in [0.1, 0.15) is 48.5 Å². The van der Waals surface area contributed by atoms with Gasteiger partial charge in [-0.25, -0.2) is 0 Å². The van der Waals surface area contributed by atoms with Gasteiger partial charge in [0.05, 0.1) is 6.61 Å². The van der Waals surface area contributed by atoms with Crippen LogP contribution in [0.25, 0.3) is 0 Å². The molecule has 2 aromatic carbocycles. The van der Waals surface area contributed by atoms with Crippen molar-refractivity contribution >= 4 is 23.4 Å². The number of hydrogen-bond donors (Lipinski definition) is 0. The molecule has 0 bridgehead atoms. The number of piperazine rings is 1. The normalized spacial score (nSPS) is 18.9. The fourth-order valence-corrected chi connectivity index (χ4v) is 5.82. The Hall–Kier alpha value is -3.39.